The van der Waals surface area contributed by atoms with Gasteiger partial charge in [-0.25, -0.2) is 0 Å². The van der Waals surface area contributed by atoms with Crippen molar-refractivity contribution in [2.45, 2.75) is 51.4 Å². The minimum Gasteiger partial charge on any atom is -0.170 e. The second-order valence-corrected chi connectivity index (χ2v) is 5.42. The molecule has 0 aliphatic heterocycles. The van der Waals surface area contributed by atoms with E-state index in [1.165, 1.54) is 0 Å². The van der Waals surface area contributed by atoms with Crippen LogP contribution in [0, 0.1) is 11.8 Å². The maximum absolute atomic E-state index is 12.3. The molecule has 0 aromatic carbocycles. The Balaban J connectivity index is 4.51. The van der Waals surface area contributed by atoms with Crippen molar-refractivity contribution in [3.05, 3.63) is 0 Å². The zero-order valence-electron chi connectivity index (χ0n) is 10.0. The van der Waals surface area contributed by atoms with Crippen LogP contribution in [0.25, 0.3) is 0 Å². The number of alkyl halides is 7. The van der Waals surface area contributed by atoms with Gasteiger partial charge in [-0.3, -0.25) is 0 Å². The molecule has 0 aliphatic rings. The van der Waals surface area contributed by atoms with Crippen LogP contribution in [0.4, 0.5) is 26.3 Å². The molecule has 0 aliphatic carbocycles. The molecule has 0 radical (unpaired) electrons. The van der Waals surface area contributed by atoms with Crippen LogP contribution in [0.5, 0.6) is 0 Å². The van der Waals surface area contributed by atoms with E-state index < -0.39 is 24.7 Å². The molecule has 1 atom stereocenters. The molecule has 0 bridgehead atoms. The number of hydrogen-bond donors (Lipinski definition) is 0. The molecule has 0 heterocycles. The van der Waals surface area contributed by atoms with Gasteiger partial charge >= 0.3 is 12.4 Å². The molecule has 0 N–H and O–H groups in total. The van der Waals surface area contributed by atoms with E-state index in [1.807, 2.05) is 6.92 Å². The predicted molar refractivity (Wildman–Crippen MR) is 66.7 cm³/mol. The topological polar surface area (TPSA) is 0 Å². The van der Waals surface area contributed by atoms with Gasteiger partial charge in [0.1, 0.15) is 0 Å². The fraction of sp³-hybridized carbons (Fsp3) is 1.00. The normalized spacial score (nSPS) is 15.2. The lowest BCUT2D eigenvalue weighted by atomic mass is 9.90. The highest BCUT2D eigenvalue weighted by Crippen LogP contribution is 2.42. The molecule has 110 valence electrons. The largest absolute Gasteiger partial charge is 0.400 e. The van der Waals surface area contributed by atoms with Gasteiger partial charge in [-0.1, -0.05) is 42.4 Å². The van der Waals surface area contributed by atoms with Gasteiger partial charge in [-0.05, 0) is 29.6 Å². The highest BCUT2D eigenvalue weighted by atomic mass is 127. The van der Waals surface area contributed by atoms with Crippen LogP contribution >= 0.6 is 22.6 Å². The highest BCUT2D eigenvalue weighted by Gasteiger charge is 2.55. The molecule has 0 fully saturated rings. The van der Waals surface area contributed by atoms with E-state index in [0.29, 0.717) is 12.8 Å². The van der Waals surface area contributed by atoms with Crippen molar-refractivity contribution >= 4 is 22.6 Å². The Labute approximate surface area is 117 Å². The maximum Gasteiger partial charge on any atom is 0.400 e. The fourth-order valence-electron chi connectivity index (χ4n) is 1.91. The molecule has 0 aromatic heterocycles. The van der Waals surface area contributed by atoms with E-state index in [0.717, 1.165) is 10.8 Å². The van der Waals surface area contributed by atoms with E-state index in [-0.39, 0.29) is 12.3 Å². The number of hydrogen-bond acceptors (Lipinski definition) is 0. The van der Waals surface area contributed by atoms with Crippen LogP contribution in [0.3, 0.4) is 0 Å². The Hall–Kier alpha value is 0.310. The zero-order valence-corrected chi connectivity index (χ0v) is 12.2. The van der Waals surface area contributed by atoms with Gasteiger partial charge in [-0.2, -0.15) is 26.3 Å². The second-order valence-electron chi connectivity index (χ2n) is 4.35. The predicted octanol–water partition coefficient (Wildman–Crippen LogP) is 5.75. The molecule has 18 heavy (non-hydrogen) atoms. The molecule has 0 saturated carbocycles. The second kappa shape index (κ2) is 7.79. The Morgan fingerprint density at radius 3 is 1.67 bits per heavy atom. The summed E-state index contributed by atoms with van der Waals surface area (Å²) in [5.74, 6) is -3.22. The highest BCUT2D eigenvalue weighted by molar-refractivity contribution is 14.1. The molecule has 7 heteroatoms. The third-order valence-corrected chi connectivity index (χ3v) is 3.49. The summed E-state index contributed by atoms with van der Waals surface area (Å²) in [6, 6.07) is 0. The lowest BCUT2D eigenvalue weighted by Crippen LogP contribution is -2.36. The first-order valence-corrected chi connectivity index (χ1v) is 7.34. The minimum atomic E-state index is -5.20. The standard InChI is InChI=1S/C11H17F6I/c1-2-3-8(6-7-18)4-5-9(10(12,13)14)11(15,16)17/h8-9H,2-7H2,1H3. The summed E-state index contributed by atoms with van der Waals surface area (Å²) < 4.78 is 74.7. The summed E-state index contributed by atoms with van der Waals surface area (Å²) in [7, 11) is 0. The van der Waals surface area contributed by atoms with Crippen molar-refractivity contribution in [1.82, 2.24) is 0 Å². The van der Waals surface area contributed by atoms with Crippen LogP contribution in [0.15, 0.2) is 0 Å². The molecule has 0 aromatic rings. The molecule has 0 rings (SSSR count). The van der Waals surface area contributed by atoms with Crippen molar-refractivity contribution in [3.8, 4) is 0 Å². The quantitative estimate of drug-likeness (QED) is 0.295. The summed E-state index contributed by atoms with van der Waals surface area (Å²) in [5, 5.41) is 0. The minimum absolute atomic E-state index is 0.0134. The SMILES string of the molecule is CCCC(CCI)CCC(C(F)(F)F)C(F)(F)F. The van der Waals surface area contributed by atoms with Crippen molar-refractivity contribution in [1.29, 1.82) is 0 Å². The maximum atomic E-state index is 12.3. The first-order valence-electron chi connectivity index (χ1n) is 5.82. The van der Waals surface area contributed by atoms with Crippen LogP contribution < -0.4 is 0 Å². The van der Waals surface area contributed by atoms with Gasteiger partial charge in [0, 0.05) is 0 Å². The smallest absolute Gasteiger partial charge is 0.170 e. The van der Waals surface area contributed by atoms with E-state index in [9.17, 15) is 26.3 Å². The van der Waals surface area contributed by atoms with Crippen molar-refractivity contribution in [2.75, 3.05) is 4.43 Å². The summed E-state index contributed by atoms with van der Waals surface area (Å²) in [5.41, 5.74) is 0. The van der Waals surface area contributed by atoms with Crippen LogP contribution in [0.2, 0.25) is 0 Å². The average molecular weight is 390 g/mol. The van der Waals surface area contributed by atoms with Crippen LogP contribution in [-0.2, 0) is 0 Å². The number of rotatable bonds is 7. The van der Waals surface area contributed by atoms with Crippen LogP contribution in [-0.4, -0.2) is 16.8 Å². The van der Waals surface area contributed by atoms with Gasteiger partial charge in [-0.15, -0.1) is 0 Å². The molecule has 0 spiro atoms. The van der Waals surface area contributed by atoms with Gasteiger partial charge in [0.15, 0.2) is 5.92 Å². The molecule has 1 unspecified atom stereocenters. The summed E-state index contributed by atoms with van der Waals surface area (Å²) >= 11 is 2.09. The third-order valence-electron chi connectivity index (χ3n) is 2.87. The molecule has 0 amide bonds. The number of halogens is 7. The van der Waals surface area contributed by atoms with E-state index in [4.69, 9.17) is 0 Å². The summed E-state index contributed by atoms with van der Waals surface area (Å²) in [6.07, 6.45) is -9.11. The van der Waals surface area contributed by atoms with E-state index in [2.05, 4.69) is 22.6 Å². The molecule has 0 nitrogen and oxygen atoms in total. The van der Waals surface area contributed by atoms with E-state index in [1.54, 1.807) is 0 Å². The first-order chi connectivity index (χ1) is 8.12. The summed E-state index contributed by atoms with van der Waals surface area (Å²) in [6.45, 7) is 1.88. The van der Waals surface area contributed by atoms with Gasteiger partial charge < -0.3 is 0 Å². The Kier molecular flexibility index (Phi) is 7.93. The average Bonchev–Trinajstić information content (AvgIpc) is 2.14. The van der Waals surface area contributed by atoms with Gasteiger partial charge in [0.05, 0.1) is 0 Å². The summed E-state index contributed by atoms with van der Waals surface area (Å²) in [4.78, 5) is 0. The molecular formula is C11H17F6I. The van der Waals surface area contributed by atoms with Gasteiger partial charge in [0.25, 0.3) is 0 Å². The lowest BCUT2D eigenvalue weighted by Gasteiger charge is -2.24. The fourth-order valence-corrected chi connectivity index (χ4v) is 2.79. The van der Waals surface area contributed by atoms with Crippen LogP contribution in [0.1, 0.15) is 39.0 Å². The zero-order chi connectivity index (χ0) is 14.4. The third kappa shape index (κ3) is 7.04. The Morgan fingerprint density at radius 1 is 0.833 bits per heavy atom. The van der Waals surface area contributed by atoms with Crippen molar-refractivity contribution in [2.24, 2.45) is 11.8 Å². The Bertz CT molecular complexity index is 203. The monoisotopic (exact) mass is 390 g/mol. The molecular weight excluding hydrogens is 373 g/mol. The van der Waals surface area contributed by atoms with Crippen molar-refractivity contribution < 1.29 is 26.3 Å². The molecule has 0 saturated heterocycles. The Morgan fingerprint density at radius 2 is 1.33 bits per heavy atom. The van der Waals surface area contributed by atoms with Gasteiger partial charge in [0.2, 0.25) is 0 Å². The van der Waals surface area contributed by atoms with E-state index >= 15 is 0 Å². The lowest BCUT2D eigenvalue weighted by molar-refractivity contribution is -0.286. The van der Waals surface area contributed by atoms with Crippen molar-refractivity contribution in [3.63, 3.8) is 0 Å². The first kappa shape index (κ1) is 18.3.